The number of methoxy groups -OCH3 is 1. The fraction of sp³-hybridized carbons (Fsp3) is 0.176. The number of hydrogen-bond acceptors (Lipinski definition) is 5. The van der Waals surface area contributed by atoms with Crippen LogP contribution in [0.5, 0.6) is 0 Å². The van der Waals surface area contributed by atoms with Crippen molar-refractivity contribution in [1.82, 2.24) is 24.1 Å². The average molecular weight is 356 g/mol. The Morgan fingerprint density at radius 1 is 1.28 bits per heavy atom. The number of ether oxygens (including phenoxy) is 1. The molecule has 0 amide bonds. The van der Waals surface area contributed by atoms with E-state index in [9.17, 15) is 4.79 Å². The number of rotatable bonds is 3. The Labute approximate surface area is 147 Å². The van der Waals surface area contributed by atoms with E-state index in [2.05, 4.69) is 15.1 Å². The molecule has 0 aliphatic rings. The third-order valence-corrected chi connectivity index (χ3v) is 4.39. The summed E-state index contributed by atoms with van der Waals surface area (Å²) in [5.41, 5.74) is 2.09. The molecule has 0 aliphatic heterocycles. The molecule has 126 valence electrons. The Hall–Kier alpha value is -2.77. The van der Waals surface area contributed by atoms with Crippen molar-refractivity contribution in [3.8, 4) is 5.69 Å². The Morgan fingerprint density at radius 3 is 2.88 bits per heavy atom. The summed E-state index contributed by atoms with van der Waals surface area (Å²) in [4.78, 5) is 21.4. The fourth-order valence-electron chi connectivity index (χ4n) is 2.69. The van der Waals surface area contributed by atoms with Gasteiger partial charge in [0.2, 0.25) is 0 Å². The summed E-state index contributed by atoms with van der Waals surface area (Å²) in [7, 11) is 1.57. The maximum absolute atomic E-state index is 12.9. The number of halogens is 1. The van der Waals surface area contributed by atoms with Crippen LogP contribution in [0.15, 0.2) is 41.5 Å². The van der Waals surface area contributed by atoms with E-state index >= 15 is 0 Å². The van der Waals surface area contributed by atoms with Gasteiger partial charge in [0, 0.05) is 24.5 Å². The molecule has 0 saturated heterocycles. The first-order valence-corrected chi connectivity index (χ1v) is 7.98. The first kappa shape index (κ1) is 15.7. The molecule has 0 N–H and O–H groups in total. The van der Waals surface area contributed by atoms with Gasteiger partial charge in [0.1, 0.15) is 6.61 Å². The van der Waals surface area contributed by atoms with Crippen LogP contribution in [0, 0.1) is 6.92 Å². The summed E-state index contributed by atoms with van der Waals surface area (Å²) < 4.78 is 8.14. The number of benzene rings is 1. The molecule has 7 nitrogen and oxygen atoms in total. The van der Waals surface area contributed by atoms with E-state index in [-0.39, 0.29) is 12.2 Å². The van der Waals surface area contributed by atoms with Crippen molar-refractivity contribution in [3.05, 3.63) is 63.4 Å². The molecule has 3 heterocycles. The molecule has 4 aromatic rings. The van der Waals surface area contributed by atoms with Crippen molar-refractivity contribution in [2.45, 2.75) is 13.5 Å². The van der Waals surface area contributed by atoms with Gasteiger partial charge in [-0.25, -0.2) is 4.98 Å². The molecule has 1 aromatic carbocycles. The van der Waals surface area contributed by atoms with Gasteiger partial charge in [-0.2, -0.15) is 9.50 Å². The highest BCUT2D eigenvalue weighted by molar-refractivity contribution is 6.31. The largest absolute Gasteiger partial charge is 0.377 e. The lowest BCUT2D eigenvalue weighted by molar-refractivity contribution is 0.178. The molecule has 0 atom stereocenters. The van der Waals surface area contributed by atoms with Crippen molar-refractivity contribution in [2.75, 3.05) is 7.11 Å². The van der Waals surface area contributed by atoms with Crippen LogP contribution in [0.25, 0.3) is 22.4 Å². The second kappa shape index (κ2) is 5.94. The van der Waals surface area contributed by atoms with E-state index in [1.165, 1.54) is 10.8 Å². The van der Waals surface area contributed by atoms with Gasteiger partial charge >= 0.3 is 0 Å². The molecule has 3 aromatic heterocycles. The molecule has 0 aliphatic carbocycles. The summed E-state index contributed by atoms with van der Waals surface area (Å²) in [6, 6.07) is 7.31. The van der Waals surface area contributed by atoms with Gasteiger partial charge in [-0.05, 0) is 30.7 Å². The molecule has 0 saturated carbocycles. The van der Waals surface area contributed by atoms with Gasteiger partial charge in [0.15, 0.2) is 5.82 Å². The first-order chi connectivity index (χ1) is 12.1. The van der Waals surface area contributed by atoms with Gasteiger partial charge < -0.3 is 4.74 Å². The van der Waals surface area contributed by atoms with Crippen molar-refractivity contribution < 1.29 is 4.74 Å². The van der Waals surface area contributed by atoms with Crippen LogP contribution in [0.3, 0.4) is 0 Å². The van der Waals surface area contributed by atoms with Gasteiger partial charge in [0.05, 0.1) is 16.6 Å². The lowest BCUT2D eigenvalue weighted by Crippen LogP contribution is -2.19. The van der Waals surface area contributed by atoms with Crippen molar-refractivity contribution in [3.63, 3.8) is 0 Å². The predicted molar refractivity (Wildman–Crippen MR) is 94.3 cm³/mol. The number of fused-ring (bicyclic) bond motifs is 3. The molecule has 0 radical (unpaired) electrons. The predicted octanol–water partition coefficient (Wildman–Crippen LogP) is 2.54. The van der Waals surface area contributed by atoms with E-state index in [1.54, 1.807) is 23.9 Å². The SMILES string of the molecule is COCc1nc2ncc3c(=O)n(-c4ccc(C)c(Cl)c4)ccc3n2n1. The van der Waals surface area contributed by atoms with E-state index in [0.29, 0.717) is 33.2 Å². The van der Waals surface area contributed by atoms with Crippen molar-refractivity contribution in [2.24, 2.45) is 0 Å². The minimum absolute atomic E-state index is 0.199. The van der Waals surface area contributed by atoms with Crippen LogP contribution in [0.4, 0.5) is 0 Å². The van der Waals surface area contributed by atoms with Crippen LogP contribution in [0.2, 0.25) is 5.02 Å². The fourth-order valence-corrected chi connectivity index (χ4v) is 2.86. The van der Waals surface area contributed by atoms with Crippen LogP contribution in [-0.2, 0) is 11.3 Å². The van der Waals surface area contributed by atoms with E-state index < -0.39 is 0 Å². The molecule has 0 bridgehead atoms. The highest BCUT2D eigenvalue weighted by atomic mass is 35.5. The zero-order valence-corrected chi connectivity index (χ0v) is 14.4. The van der Waals surface area contributed by atoms with Gasteiger partial charge in [0.25, 0.3) is 11.3 Å². The van der Waals surface area contributed by atoms with E-state index in [4.69, 9.17) is 16.3 Å². The quantitative estimate of drug-likeness (QED) is 0.564. The summed E-state index contributed by atoms with van der Waals surface area (Å²) in [6.45, 7) is 2.20. The van der Waals surface area contributed by atoms with Gasteiger partial charge in [-0.15, -0.1) is 5.10 Å². The third-order valence-electron chi connectivity index (χ3n) is 3.98. The third kappa shape index (κ3) is 2.57. The van der Waals surface area contributed by atoms with Crippen LogP contribution in [0.1, 0.15) is 11.4 Å². The zero-order chi connectivity index (χ0) is 17.6. The number of hydrogen-bond donors (Lipinski definition) is 0. The molecular weight excluding hydrogens is 342 g/mol. The minimum Gasteiger partial charge on any atom is -0.377 e. The standard InChI is InChI=1S/C17H14ClN5O2/c1-10-3-4-11(7-13(10)18)22-6-5-14-12(16(22)24)8-19-17-20-15(9-25-2)21-23(14)17/h3-8H,9H2,1-2H3. The maximum atomic E-state index is 12.9. The second-order valence-corrected chi connectivity index (χ2v) is 6.06. The lowest BCUT2D eigenvalue weighted by Gasteiger charge is -2.09. The Bertz CT molecular complexity index is 1170. The molecule has 0 fully saturated rings. The number of nitrogens with zero attached hydrogens (tertiary/aromatic N) is 5. The van der Waals surface area contributed by atoms with Gasteiger partial charge in [-0.3, -0.25) is 9.36 Å². The van der Waals surface area contributed by atoms with Crippen LogP contribution < -0.4 is 5.56 Å². The first-order valence-electron chi connectivity index (χ1n) is 7.60. The normalized spacial score (nSPS) is 11.5. The van der Waals surface area contributed by atoms with Crippen LogP contribution in [-0.4, -0.2) is 31.3 Å². The molecular formula is C17H14ClN5O2. The highest BCUT2D eigenvalue weighted by Crippen LogP contribution is 2.19. The second-order valence-electron chi connectivity index (χ2n) is 5.65. The lowest BCUT2D eigenvalue weighted by atomic mass is 10.2. The monoisotopic (exact) mass is 355 g/mol. The summed E-state index contributed by atoms with van der Waals surface area (Å²) in [5.74, 6) is 0.937. The van der Waals surface area contributed by atoms with E-state index in [1.807, 2.05) is 25.1 Å². The zero-order valence-electron chi connectivity index (χ0n) is 13.6. The highest BCUT2D eigenvalue weighted by Gasteiger charge is 2.12. The number of aryl methyl sites for hydroxylation is 1. The smallest absolute Gasteiger partial charge is 0.266 e. The average Bonchev–Trinajstić information content (AvgIpc) is 3.01. The Balaban J connectivity index is 1.94. The van der Waals surface area contributed by atoms with Crippen molar-refractivity contribution in [1.29, 1.82) is 0 Å². The van der Waals surface area contributed by atoms with Crippen molar-refractivity contribution >= 4 is 28.3 Å². The molecule has 0 spiro atoms. The Kier molecular flexibility index (Phi) is 3.74. The maximum Gasteiger partial charge on any atom is 0.266 e. The summed E-state index contributed by atoms with van der Waals surface area (Å²) >= 11 is 6.18. The van der Waals surface area contributed by atoms with Gasteiger partial charge in [-0.1, -0.05) is 17.7 Å². The minimum atomic E-state index is -0.199. The number of aromatic nitrogens is 5. The van der Waals surface area contributed by atoms with E-state index in [0.717, 1.165) is 5.56 Å². The molecule has 8 heteroatoms. The molecule has 4 rings (SSSR count). The molecule has 25 heavy (non-hydrogen) atoms. The number of pyridine rings is 1. The summed E-state index contributed by atoms with van der Waals surface area (Å²) in [5, 5.41) is 5.40. The Morgan fingerprint density at radius 2 is 2.12 bits per heavy atom. The molecule has 0 unspecified atom stereocenters. The summed E-state index contributed by atoms with van der Waals surface area (Å²) in [6.07, 6.45) is 3.22. The van der Waals surface area contributed by atoms with Crippen LogP contribution >= 0.6 is 11.6 Å². The topological polar surface area (TPSA) is 74.3 Å².